The van der Waals surface area contributed by atoms with Gasteiger partial charge in [0.2, 0.25) is 0 Å². The topological polar surface area (TPSA) is 0 Å². The van der Waals surface area contributed by atoms with E-state index in [1.54, 1.807) is 0 Å². The fourth-order valence-electron chi connectivity index (χ4n) is 3.33. The van der Waals surface area contributed by atoms with Crippen molar-refractivity contribution in [3.05, 3.63) is 47.5 Å². The van der Waals surface area contributed by atoms with E-state index in [0.29, 0.717) is 11.7 Å². The number of hydrogen-bond donors (Lipinski definition) is 0. The van der Waals surface area contributed by atoms with Crippen molar-refractivity contribution in [2.45, 2.75) is 44.3 Å². The normalized spacial score (nSPS) is 21.8. The molecule has 0 aliphatic heterocycles. The Hall–Kier alpha value is -0.635. The molecule has 22 heavy (non-hydrogen) atoms. The highest BCUT2D eigenvalue weighted by molar-refractivity contribution is 7.29. The molecule has 0 spiro atoms. The van der Waals surface area contributed by atoms with Crippen LogP contribution in [0, 0.1) is 6.92 Å². The molecule has 2 aromatic carbocycles. The van der Waals surface area contributed by atoms with Gasteiger partial charge in [-0.2, -0.15) is 0 Å². The fraction of sp³-hybridized carbons (Fsp3) is 0.368. The van der Waals surface area contributed by atoms with Crippen LogP contribution in [0.15, 0.2) is 36.4 Å². The zero-order chi connectivity index (χ0) is 15.7. The minimum Gasteiger partial charge on any atom is -0.105 e. The van der Waals surface area contributed by atoms with E-state index in [9.17, 15) is 0 Å². The predicted molar refractivity (Wildman–Crippen MR) is 106 cm³/mol. The van der Waals surface area contributed by atoms with Gasteiger partial charge in [-0.05, 0) is 70.7 Å². The van der Waals surface area contributed by atoms with Crippen LogP contribution in [0.4, 0.5) is 0 Å². The molecule has 1 fully saturated rings. The maximum atomic E-state index is 6.01. The summed E-state index contributed by atoms with van der Waals surface area (Å²) in [4.78, 5) is 0. The molecular formula is C19H23BP2. The third-order valence-corrected chi connectivity index (χ3v) is 6.17. The van der Waals surface area contributed by atoms with Crippen molar-refractivity contribution in [2.75, 3.05) is 0 Å². The molecule has 1 saturated carbocycles. The molecule has 0 aromatic heterocycles. The van der Waals surface area contributed by atoms with Crippen molar-refractivity contribution in [3.63, 3.8) is 0 Å². The molecule has 0 bridgehead atoms. The highest BCUT2D eigenvalue weighted by Crippen LogP contribution is 2.37. The van der Waals surface area contributed by atoms with E-state index in [1.165, 1.54) is 45.7 Å². The number of hydrogen-bond acceptors (Lipinski definition) is 0. The van der Waals surface area contributed by atoms with Crippen LogP contribution in [0.2, 0.25) is 5.82 Å². The first-order chi connectivity index (χ1) is 10.5. The summed E-state index contributed by atoms with van der Waals surface area (Å²) in [6.45, 7) is 2.16. The van der Waals surface area contributed by atoms with Gasteiger partial charge in [-0.25, -0.2) is 0 Å². The Kier molecular flexibility index (Phi) is 5.06. The molecule has 3 rings (SSSR count). The van der Waals surface area contributed by atoms with Gasteiger partial charge in [-0.15, -0.1) is 18.5 Å². The van der Waals surface area contributed by atoms with E-state index < -0.39 is 0 Å². The third kappa shape index (κ3) is 3.47. The van der Waals surface area contributed by atoms with Crippen LogP contribution >= 0.6 is 18.5 Å². The maximum Gasteiger partial charge on any atom is 0.0699 e. The Balaban J connectivity index is 1.82. The van der Waals surface area contributed by atoms with Crippen LogP contribution in [0.25, 0.3) is 11.1 Å². The molecule has 0 nitrogen and oxygen atoms in total. The lowest BCUT2D eigenvalue weighted by Crippen LogP contribution is -2.10. The van der Waals surface area contributed by atoms with E-state index in [4.69, 9.17) is 7.85 Å². The second-order valence-corrected chi connectivity index (χ2v) is 7.76. The molecule has 2 radical (unpaired) electrons. The largest absolute Gasteiger partial charge is 0.105 e. The van der Waals surface area contributed by atoms with Crippen molar-refractivity contribution in [2.24, 2.45) is 0 Å². The second-order valence-electron chi connectivity index (χ2n) is 6.51. The van der Waals surface area contributed by atoms with Gasteiger partial charge in [0.05, 0.1) is 7.85 Å². The smallest absolute Gasteiger partial charge is 0.0699 e. The lowest BCUT2D eigenvalue weighted by molar-refractivity contribution is 0.444. The molecule has 2 atom stereocenters. The van der Waals surface area contributed by atoms with Gasteiger partial charge in [0.15, 0.2) is 0 Å². The van der Waals surface area contributed by atoms with Gasteiger partial charge in [-0.3, -0.25) is 0 Å². The molecule has 0 amide bonds. The van der Waals surface area contributed by atoms with Crippen molar-refractivity contribution < 1.29 is 0 Å². The Morgan fingerprint density at radius 3 is 1.95 bits per heavy atom. The summed E-state index contributed by atoms with van der Waals surface area (Å²) in [5.41, 5.74) is 5.38. The molecule has 3 heteroatoms. The molecule has 0 heterocycles. The third-order valence-electron chi connectivity index (χ3n) is 4.98. The number of benzene rings is 2. The fourth-order valence-corrected chi connectivity index (χ4v) is 4.19. The first-order valence-corrected chi connectivity index (χ1v) is 9.21. The summed E-state index contributed by atoms with van der Waals surface area (Å²) in [6, 6.07) is 13.7. The molecule has 1 aliphatic rings. The monoisotopic (exact) mass is 324 g/mol. The van der Waals surface area contributed by atoms with Crippen LogP contribution in [0.5, 0.6) is 0 Å². The first kappa shape index (κ1) is 16.2. The van der Waals surface area contributed by atoms with Crippen LogP contribution in [-0.4, -0.2) is 7.85 Å². The zero-order valence-corrected chi connectivity index (χ0v) is 15.5. The van der Waals surface area contributed by atoms with Crippen LogP contribution in [0.1, 0.15) is 42.7 Å². The summed E-state index contributed by atoms with van der Waals surface area (Å²) in [5.74, 6) is 1.12. The van der Waals surface area contributed by atoms with E-state index in [2.05, 4.69) is 61.8 Å². The van der Waals surface area contributed by atoms with Gasteiger partial charge in [-0.1, -0.05) is 42.9 Å². The van der Waals surface area contributed by atoms with E-state index in [1.807, 2.05) is 0 Å². The second kappa shape index (κ2) is 6.86. The van der Waals surface area contributed by atoms with E-state index >= 15 is 0 Å². The Labute approximate surface area is 140 Å². The summed E-state index contributed by atoms with van der Waals surface area (Å²) in [5, 5.41) is 2.54. The van der Waals surface area contributed by atoms with Crippen LogP contribution in [-0.2, 0) is 0 Å². The van der Waals surface area contributed by atoms with Gasteiger partial charge in [0.25, 0.3) is 0 Å². The van der Waals surface area contributed by atoms with Crippen LogP contribution < -0.4 is 10.6 Å². The van der Waals surface area contributed by atoms with Crippen molar-refractivity contribution in [3.8, 4) is 11.1 Å². The van der Waals surface area contributed by atoms with E-state index in [-0.39, 0.29) is 0 Å². The Bertz CT molecular complexity index is 633. The number of rotatable bonds is 2. The minimum atomic E-state index is 0.420. The summed E-state index contributed by atoms with van der Waals surface area (Å²) >= 11 is 0. The SMILES string of the molecule is [B]C1CCC(c2ccc(-c3cc(P)c(C)c(P)c3)cc2)CC1. The minimum absolute atomic E-state index is 0.420. The van der Waals surface area contributed by atoms with Crippen LogP contribution in [0.3, 0.4) is 0 Å². The van der Waals surface area contributed by atoms with Crippen molar-refractivity contribution in [1.82, 2.24) is 0 Å². The van der Waals surface area contributed by atoms with Gasteiger partial charge in [0, 0.05) is 0 Å². The molecule has 2 unspecified atom stereocenters. The molecule has 2 aromatic rings. The molecule has 0 saturated heterocycles. The maximum absolute atomic E-state index is 6.01. The van der Waals surface area contributed by atoms with Crippen molar-refractivity contribution in [1.29, 1.82) is 0 Å². The summed E-state index contributed by atoms with van der Waals surface area (Å²) in [6.07, 6.45) is 4.79. The predicted octanol–water partition coefficient (Wildman–Crippen LogP) is 4.28. The van der Waals surface area contributed by atoms with Gasteiger partial charge < -0.3 is 0 Å². The molecular weight excluding hydrogens is 301 g/mol. The average molecular weight is 324 g/mol. The van der Waals surface area contributed by atoms with Gasteiger partial charge >= 0.3 is 0 Å². The summed E-state index contributed by atoms with van der Waals surface area (Å²) in [7, 11) is 11.7. The molecule has 112 valence electrons. The zero-order valence-electron chi connectivity index (χ0n) is 13.2. The Morgan fingerprint density at radius 1 is 0.864 bits per heavy atom. The van der Waals surface area contributed by atoms with Crippen molar-refractivity contribution >= 4 is 36.9 Å². The standard InChI is InChI=1S/C19H23BP2/c1-12-18(21)10-16(11-19(12)22)15-4-2-13(3-5-15)14-6-8-17(20)9-7-14/h2-5,10-11,14,17H,6-9,21-22H2,1H3. The molecule has 1 aliphatic carbocycles. The Morgan fingerprint density at radius 2 is 1.41 bits per heavy atom. The summed E-state index contributed by atoms with van der Waals surface area (Å²) < 4.78 is 0. The lowest BCUT2D eigenvalue weighted by Gasteiger charge is -2.26. The molecule has 0 N–H and O–H groups in total. The lowest BCUT2D eigenvalue weighted by atomic mass is 9.70. The highest BCUT2D eigenvalue weighted by Gasteiger charge is 2.19. The first-order valence-electron chi connectivity index (χ1n) is 8.06. The average Bonchev–Trinajstić information content (AvgIpc) is 2.53. The highest BCUT2D eigenvalue weighted by atomic mass is 31.0. The van der Waals surface area contributed by atoms with Gasteiger partial charge in [0.1, 0.15) is 0 Å². The quantitative estimate of drug-likeness (QED) is 0.571. The van der Waals surface area contributed by atoms with E-state index in [0.717, 1.165) is 12.8 Å².